The molecule has 5 heteroatoms. The van der Waals surface area contributed by atoms with Gasteiger partial charge in [0, 0.05) is 0 Å². The first-order valence-corrected chi connectivity index (χ1v) is 4.02. The van der Waals surface area contributed by atoms with E-state index in [0.29, 0.717) is 0 Å². The van der Waals surface area contributed by atoms with Crippen LogP contribution in [0.15, 0.2) is 35.4 Å². The molecule has 68 valence electrons. The molecule has 0 saturated carbocycles. The molecule has 0 aromatic heterocycles. The standard InChI is InChI=1S/C8H9N3OS/c12-11-8(13)10-9-6-7-4-2-1-3-5-7/h1-6,12H,(H2,10,11,13)/b9-6+. The van der Waals surface area contributed by atoms with Crippen LogP contribution in [-0.2, 0) is 0 Å². The summed E-state index contributed by atoms with van der Waals surface area (Å²) in [5.41, 5.74) is 5.13. The predicted octanol–water partition coefficient (Wildman–Crippen LogP) is 0.874. The van der Waals surface area contributed by atoms with E-state index in [0.717, 1.165) is 5.56 Å². The summed E-state index contributed by atoms with van der Waals surface area (Å²) in [5.74, 6) is 0. The van der Waals surface area contributed by atoms with Gasteiger partial charge in [-0.25, -0.2) is 5.48 Å². The normalized spacial score (nSPS) is 9.92. The van der Waals surface area contributed by atoms with Crippen LogP contribution in [0.3, 0.4) is 0 Å². The molecule has 0 bridgehead atoms. The fourth-order valence-corrected chi connectivity index (χ4v) is 0.782. The van der Waals surface area contributed by atoms with E-state index in [-0.39, 0.29) is 5.11 Å². The van der Waals surface area contributed by atoms with Crippen molar-refractivity contribution in [3.05, 3.63) is 35.9 Å². The number of hydrogen-bond donors (Lipinski definition) is 3. The molecule has 13 heavy (non-hydrogen) atoms. The van der Waals surface area contributed by atoms with Crippen LogP contribution in [0, 0.1) is 0 Å². The second kappa shape index (κ2) is 5.23. The highest BCUT2D eigenvalue weighted by Crippen LogP contribution is 1.92. The van der Waals surface area contributed by atoms with E-state index >= 15 is 0 Å². The molecule has 0 aliphatic heterocycles. The predicted molar refractivity (Wildman–Crippen MR) is 54.7 cm³/mol. The van der Waals surface area contributed by atoms with E-state index < -0.39 is 0 Å². The Morgan fingerprint density at radius 1 is 1.38 bits per heavy atom. The molecule has 0 aliphatic carbocycles. The minimum Gasteiger partial charge on any atom is -0.289 e. The van der Waals surface area contributed by atoms with Crippen molar-refractivity contribution in [3.63, 3.8) is 0 Å². The Morgan fingerprint density at radius 2 is 2.08 bits per heavy atom. The lowest BCUT2D eigenvalue weighted by Crippen LogP contribution is -2.28. The summed E-state index contributed by atoms with van der Waals surface area (Å²) in [5, 5.41) is 12.1. The highest BCUT2D eigenvalue weighted by atomic mass is 32.1. The van der Waals surface area contributed by atoms with Crippen molar-refractivity contribution in [2.24, 2.45) is 5.10 Å². The minimum absolute atomic E-state index is 0.0622. The Bertz CT molecular complexity index is 300. The molecule has 1 rings (SSSR count). The fourth-order valence-electron chi connectivity index (χ4n) is 0.730. The van der Waals surface area contributed by atoms with Crippen molar-refractivity contribution < 1.29 is 5.21 Å². The van der Waals surface area contributed by atoms with Crippen LogP contribution in [0.4, 0.5) is 0 Å². The number of nitrogens with zero attached hydrogens (tertiary/aromatic N) is 1. The van der Waals surface area contributed by atoms with Gasteiger partial charge >= 0.3 is 0 Å². The first kappa shape index (κ1) is 9.63. The SMILES string of the molecule is ONC(=S)N/N=C/c1ccccc1. The van der Waals surface area contributed by atoms with Crippen LogP contribution in [0.2, 0.25) is 0 Å². The van der Waals surface area contributed by atoms with E-state index in [4.69, 9.17) is 5.21 Å². The quantitative estimate of drug-likeness (QED) is 0.372. The van der Waals surface area contributed by atoms with Gasteiger partial charge in [-0.05, 0) is 17.8 Å². The molecule has 0 unspecified atom stereocenters. The van der Waals surface area contributed by atoms with Crippen molar-refractivity contribution in [2.45, 2.75) is 0 Å². The third kappa shape index (κ3) is 3.64. The van der Waals surface area contributed by atoms with E-state index in [1.54, 1.807) is 11.7 Å². The highest BCUT2D eigenvalue weighted by molar-refractivity contribution is 7.80. The van der Waals surface area contributed by atoms with Crippen LogP contribution >= 0.6 is 12.2 Å². The summed E-state index contributed by atoms with van der Waals surface area (Å²) in [6.45, 7) is 0. The number of benzene rings is 1. The summed E-state index contributed by atoms with van der Waals surface area (Å²) >= 11 is 4.58. The smallest absolute Gasteiger partial charge is 0.211 e. The number of hydroxylamine groups is 1. The van der Waals surface area contributed by atoms with Crippen LogP contribution in [0.25, 0.3) is 0 Å². The Kier molecular flexibility index (Phi) is 3.87. The Morgan fingerprint density at radius 3 is 2.69 bits per heavy atom. The van der Waals surface area contributed by atoms with E-state index in [2.05, 4.69) is 22.7 Å². The van der Waals surface area contributed by atoms with E-state index in [1.807, 2.05) is 30.3 Å². The maximum Gasteiger partial charge on any atom is 0.211 e. The summed E-state index contributed by atoms with van der Waals surface area (Å²) in [7, 11) is 0. The maximum absolute atomic E-state index is 8.30. The molecule has 1 aromatic rings. The van der Waals surface area contributed by atoms with Crippen molar-refractivity contribution in [1.29, 1.82) is 0 Å². The number of hydrazone groups is 1. The molecule has 0 saturated heterocycles. The number of hydrogen-bond acceptors (Lipinski definition) is 3. The monoisotopic (exact) mass is 195 g/mol. The second-order valence-electron chi connectivity index (χ2n) is 2.22. The third-order valence-corrected chi connectivity index (χ3v) is 1.46. The van der Waals surface area contributed by atoms with Gasteiger partial charge in [-0.2, -0.15) is 5.10 Å². The second-order valence-corrected chi connectivity index (χ2v) is 2.63. The molecule has 1 aromatic carbocycles. The van der Waals surface area contributed by atoms with Gasteiger partial charge < -0.3 is 0 Å². The Balaban J connectivity index is 2.45. The lowest BCUT2D eigenvalue weighted by atomic mass is 10.2. The molecular weight excluding hydrogens is 186 g/mol. The average molecular weight is 195 g/mol. The molecule has 3 N–H and O–H groups in total. The number of thiocarbonyl (C=S) groups is 1. The zero-order valence-corrected chi connectivity index (χ0v) is 7.58. The minimum atomic E-state index is 0.0622. The zero-order chi connectivity index (χ0) is 9.52. The molecule has 0 fully saturated rings. The van der Waals surface area contributed by atoms with Crippen molar-refractivity contribution in [1.82, 2.24) is 10.9 Å². The van der Waals surface area contributed by atoms with Gasteiger partial charge in [0.25, 0.3) is 0 Å². The molecule has 0 spiro atoms. The van der Waals surface area contributed by atoms with Gasteiger partial charge in [0.05, 0.1) is 6.21 Å². The number of rotatable bonds is 2. The highest BCUT2D eigenvalue weighted by Gasteiger charge is 1.86. The van der Waals surface area contributed by atoms with Gasteiger partial charge in [0.2, 0.25) is 5.11 Å². The van der Waals surface area contributed by atoms with E-state index in [9.17, 15) is 0 Å². The lowest BCUT2D eigenvalue weighted by Gasteiger charge is -1.97. The molecule has 0 atom stereocenters. The van der Waals surface area contributed by atoms with Crippen LogP contribution in [0.1, 0.15) is 5.56 Å². The van der Waals surface area contributed by atoms with Gasteiger partial charge in [0.1, 0.15) is 0 Å². The van der Waals surface area contributed by atoms with Crippen molar-refractivity contribution >= 4 is 23.5 Å². The molecule has 4 nitrogen and oxygen atoms in total. The average Bonchev–Trinajstić information content (AvgIpc) is 2.19. The van der Waals surface area contributed by atoms with Crippen LogP contribution < -0.4 is 10.9 Å². The fraction of sp³-hybridized carbons (Fsp3) is 0. The summed E-state index contributed by atoms with van der Waals surface area (Å²) in [6.07, 6.45) is 1.60. The lowest BCUT2D eigenvalue weighted by molar-refractivity contribution is 0.233. The van der Waals surface area contributed by atoms with Crippen molar-refractivity contribution in [3.8, 4) is 0 Å². The van der Waals surface area contributed by atoms with E-state index in [1.165, 1.54) is 0 Å². The topological polar surface area (TPSA) is 56.6 Å². The summed E-state index contributed by atoms with van der Waals surface area (Å²) < 4.78 is 0. The zero-order valence-electron chi connectivity index (χ0n) is 6.77. The first-order valence-electron chi connectivity index (χ1n) is 3.61. The first-order chi connectivity index (χ1) is 6.33. The Hall–Kier alpha value is -1.46. The largest absolute Gasteiger partial charge is 0.289 e. The van der Waals surface area contributed by atoms with Gasteiger partial charge in [-0.15, -0.1) is 0 Å². The molecule has 0 heterocycles. The molecule has 0 aliphatic rings. The van der Waals surface area contributed by atoms with Gasteiger partial charge in [-0.3, -0.25) is 10.6 Å². The third-order valence-electron chi connectivity index (χ3n) is 1.28. The molecule has 0 amide bonds. The van der Waals surface area contributed by atoms with Crippen LogP contribution in [-0.4, -0.2) is 16.5 Å². The summed E-state index contributed by atoms with van der Waals surface area (Å²) in [6, 6.07) is 9.54. The van der Waals surface area contributed by atoms with Gasteiger partial charge in [0.15, 0.2) is 0 Å². The number of nitrogens with one attached hydrogen (secondary N) is 2. The van der Waals surface area contributed by atoms with Crippen molar-refractivity contribution in [2.75, 3.05) is 0 Å². The summed E-state index contributed by atoms with van der Waals surface area (Å²) in [4.78, 5) is 0. The molecular formula is C8H9N3OS. The van der Waals surface area contributed by atoms with Crippen LogP contribution in [0.5, 0.6) is 0 Å². The Labute approximate surface area is 81.2 Å². The maximum atomic E-state index is 8.30. The molecule has 0 radical (unpaired) electrons. The van der Waals surface area contributed by atoms with Gasteiger partial charge in [-0.1, -0.05) is 30.3 Å².